The van der Waals surface area contributed by atoms with Crippen molar-refractivity contribution in [3.63, 3.8) is 0 Å². The van der Waals surface area contributed by atoms with Crippen molar-refractivity contribution in [2.75, 3.05) is 13.7 Å². The second-order valence-electron chi connectivity index (χ2n) is 4.97. The van der Waals surface area contributed by atoms with Crippen molar-refractivity contribution in [2.45, 2.75) is 19.4 Å². The molecule has 2 aromatic rings. The quantitative estimate of drug-likeness (QED) is 0.846. The molecule has 3 nitrogen and oxygen atoms in total. The molecule has 2 heterocycles. The van der Waals surface area contributed by atoms with Gasteiger partial charge in [0, 0.05) is 6.54 Å². The molecule has 0 fully saturated rings. The number of rotatable bonds is 2. The molecule has 1 aromatic heterocycles. The molecule has 104 valence electrons. The molecule has 0 bridgehead atoms. The normalized spacial score (nSPS) is 17.7. The lowest BCUT2D eigenvalue weighted by atomic mass is 9.93. The average molecular weight is 287 g/mol. The van der Waals surface area contributed by atoms with E-state index in [0.29, 0.717) is 0 Å². The van der Waals surface area contributed by atoms with E-state index in [4.69, 9.17) is 4.74 Å². The van der Waals surface area contributed by atoms with Crippen molar-refractivity contribution >= 4 is 17.2 Å². The first-order chi connectivity index (χ1) is 9.70. The largest absolute Gasteiger partial charge is 0.497 e. The number of fused-ring (bicyclic) bond motifs is 1. The third-order valence-electron chi connectivity index (χ3n) is 3.88. The molecule has 0 saturated carbocycles. The van der Waals surface area contributed by atoms with Gasteiger partial charge >= 0.3 is 0 Å². The molecule has 1 aliphatic rings. The fraction of sp³-hybridized carbons (Fsp3) is 0.312. The van der Waals surface area contributed by atoms with E-state index < -0.39 is 0 Å². The molecule has 20 heavy (non-hydrogen) atoms. The van der Waals surface area contributed by atoms with E-state index in [1.54, 1.807) is 7.11 Å². The first-order valence-corrected chi connectivity index (χ1v) is 7.60. The fourth-order valence-corrected chi connectivity index (χ4v) is 3.43. The van der Waals surface area contributed by atoms with Crippen molar-refractivity contribution in [1.29, 1.82) is 0 Å². The maximum atomic E-state index is 12.5. The van der Waals surface area contributed by atoms with Crippen molar-refractivity contribution in [2.24, 2.45) is 0 Å². The standard InChI is InChI=1S/C16H17NO2S/c1-11-14-6-5-13(19-2)10-12(14)7-8-17(11)16(18)15-4-3-9-20-15/h3-6,9-11H,7-8H2,1-2H3. The third kappa shape index (κ3) is 2.20. The van der Waals surface area contributed by atoms with E-state index in [1.165, 1.54) is 22.5 Å². The molecule has 1 aliphatic heterocycles. The minimum absolute atomic E-state index is 0.110. The second kappa shape index (κ2) is 5.29. The van der Waals surface area contributed by atoms with Crippen molar-refractivity contribution in [3.05, 3.63) is 51.7 Å². The molecular formula is C16H17NO2S. The highest BCUT2D eigenvalue weighted by Crippen LogP contribution is 2.33. The highest BCUT2D eigenvalue weighted by atomic mass is 32.1. The monoisotopic (exact) mass is 287 g/mol. The van der Waals surface area contributed by atoms with E-state index in [9.17, 15) is 4.79 Å². The summed E-state index contributed by atoms with van der Waals surface area (Å²) in [6, 6.07) is 10.0. The lowest BCUT2D eigenvalue weighted by Crippen LogP contribution is -2.38. The van der Waals surface area contributed by atoms with Crippen LogP contribution in [0.15, 0.2) is 35.7 Å². The SMILES string of the molecule is COc1ccc2c(c1)CCN(C(=O)c1cccs1)C2C. The molecule has 4 heteroatoms. The number of hydrogen-bond donors (Lipinski definition) is 0. The van der Waals surface area contributed by atoms with E-state index >= 15 is 0 Å². The first kappa shape index (κ1) is 13.2. The number of carbonyl (C=O) groups is 1. The zero-order valence-corrected chi connectivity index (χ0v) is 12.4. The van der Waals surface area contributed by atoms with Crippen LogP contribution in [0, 0.1) is 0 Å². The predicted molar refractivity (Wildman–Crippen MR) is 80.5 cm³/mol. The lowest BCUT2D eigenvalue weighted by Gasteiger charge is -2.35. The van der Waals surface area contributed by atoms with Gasteiger partial charge in [0.25, 0.3) is 5.91 Å². The summed E-state index contributed by atoms with van der Waals surface area (Å²) in [5, 5.41) is 1.95. The number of nitrogens with zero attached hydrogens (tertiary/aromatic N) is 1. The Bertz CT molecular complexity index is 621. The van der Waals surface area contributed by atoms with Gasteiger partial charge < -0.3 is 9.64 Å². The van der Waals surface area contributed by atoms with E-state index in [0.717, 1.165) is 23.6 Å². The maximum absolute atomic E-state index is 12.5. The van der Waals surface area contributed by atoms with Gasteiger partial charge in [-0.25, -0.2) is 0 Å². The van der Waals surface area contributed by atoms with Crippen LogP contribution in [-0.2, 0) is 6.42 Å². The molecule has 3 rings (SSSR count). The molecule has 0 N–H and O–H groups in total. The highest BCUT2D eigenvalue weighted by molar-refractivity contribution is 7.12. The molecule has 1 amide bonds. The maximum Gasteiger partial charge on any atom is 0.264 e. The van der Waals surface area contributed by atoms with Gasteiger partial charge in [0.05, 0.1) is 18.0 Å². The number of amides is 1. The van der Waals surface area contributed by atoms with Gasteiger partial charge in [-0.05, 0) is 48.1 Å². The van der Waals surface area contributed by atoms with Gasteiger partial charge in [-0.3, -0.25) is 4.79 Å². The molecule has 1 atom stereocenters. The minimum Gasteiger partial charge on any atom is -0.497 e. The van der Waals surface area contributed by atoms with Crippen molar-refractivity contribution < 1.29 is 9.53 Å². The molecule has 1 aromatic carbocycles. The van der Waals surface area contributed by atoms with Gasteiger partial charge in [-0.1, -0.05) is 12.1 Å². The van der Waals surface area contributed by atoms with Gasteiger partial charge in [0.1, 0.15) is 5.75 Å². The molecule has 0 aliphatic carbocycles. The first-order valence-electron chi connectivity index (χ1n) is 6.72. The topological polar surface area (TPSA) is 29.5 Å². The predicted octanol–water partition coefficient (Wildman–Crippen LogP) is 3.52. The molecular weight excluding hydrogens is 270 g/mol. The summed E-state index contributed by atoms with van der Waals surface area (Å²) in [6.07, 6.45) is 0.883. The summed E-state index contributed by atoms with van der Waals surface area (Å²) in [5.74, 6) is 1.02. The van der Waals surface area contributed by atoms with Gasteiger partial charge in [0.15, 0.2) is 0 Å². The molecule has 0 spiro atoms. The Kier molecular flexibility index (Phi) is 3.49. The fourth-order valence-electron chi connectivity index (χ4n) is 2.75. The Labute approximate surface area is 122 Å². The highest BCUT2D eigenvalue weighted by Gasteiger charge is 2.28. The molecule has 0 saturated heterocycles. The Hall–Kier alpha value is -1.81. The van der Waals surface area contributed by atoms with E-state index in [-0.39, 0.29) is 11.9 Å². The number of ether oxygens (including phenoxy) is 1. The van der Waals surface area contributed by atoms with Crippen LogP contribution < -0.4 is 4.74 Å². The number of carbonyl (C=O) groups excluding carboxylic acids is 1. The van der Waals surface area contributed by atoms with Crippen molar-refractivity contribution in [3.8, 4) is 5.75 Å². The third-order valence-corrected chi connectivity index (χ3v) is 4.74. The number of hydrogen-bond acceptors (Lipinski definition) is 3. The zero-order valence-electron chi connectivity index (χ0n) is 11.6. The van der Waals surface area contributed by atoms with Gasteiger partial charge in [-0.2, -0.15) is 0 Å². The second-order valence-corrected chi connectivity index (χ2v) is 5.91. The Morgan fingerprint density at radius 3 is 2.95 bits per heavy atom. The van der Waals surface area contributed by atoms with Crippen LogP contribution in [-0.4, -0.2) is 24.5 Å². The van der Waals surface area contributed by atoms with Gasteiger partial charge in [-0.15, -0.1) is 11.3 Å². The Morgan fingerprint density at radius 1 is 1.40 bits per heavy atom. The summed E-state index contributed by atoms with van der Waals surface area (Å²) in [4.78, 5) is 15.3. The summed E-state index contributed by atoms with van der Waals surface area (Å²) in [6.45, 7) is 2.86. The number of thiophene rings is 1. The summed E-state index contributed by atoms with van der Waals surface area (Å²) < 4.78 is 5.27. The minimum atomic E-state index is 0.110. The Balaban J connectivity index is 1.89. The van der Waals surface area contributed by atoms with Crippen LogP contribution in [0.5, 0.6) is 5.75 Å². The van der Waals surface area contributed by atoms with E-state index in [1.807, 2.05) is 28.5 Å². The van der Waals surface area contributed by atoms with Crippen LogP contribution >= 0.6 is 11.3 Å². The summed E-state index contributed by atoms with van der Waals surface area (Å²) in [5.41, 5.74) is 2.51. The molecule has 0 radical (unpaired) electrons. The molecule has 1 unspecified atom stereocenters. The van der Waals surface area contributed by atoms with Crippen LogP contribution in [0.3, 0.4) is 0 Å². The number of benzene rings is 1. The van der Waals surface area contributed by atoms with Crippen LogP contribution in [0.4, 0.5) is 0 Å². The zero-order chi connectivity index (χ0) is 14.1. The smallest absolute Gasteiger partial charge is 0.264 e. The summed E-state index contributed by atoms with van der Waals surface area (Å²) in [7, 11) is 1.68. The van der Waals surface area contributed by atoms with Crippen LogP contribution in [0.25, 0.3) is 0 Å². The average Bonchev–Trinajstić information content (AvgIpc) is 3.01. The number of methoxy groups -OCH3 is 1. The van der Waals surface area contributed by atoms with E-state index in [2.05, 4.69) is 19.1 Å². The van der Waals surface area contributed by atoms with Crippen LogP contribution in [0.2, 0.25) is 0 Å². The van der Waals surface area contributed by atoms with Crippen molar-refractivity contribution in [1.82, 2.24) is 4.90 Å². The lowest BCUT2D eigenvalue weighted by molar-refractivity contribution is 0.0682. The van der Waals surface area contributed by atoms with Gasteiger partial charge in [0.2, 0.25) is 0 Å². The van der Waals surface area contributed by atoms with Crippen LogP contribution in [0.1, 0.15) is 33.8 Å². The Morgan fingerprint density at radius 2 is 2.25 bits per heavy atom. The summed E-state index contributed by atoms with van der Waals surface area (Å²) >= 11 is 1.50.